The van der Waals surface area contributed by atoms with E-state index >= 15 is 4.39 Å². The van der Waals surface area contributed by atoms with E-state index in [1.807, 2.05) is 6.07 Å². The number of halogens is 1. The second kappa shape index (κ2) is 12.7. The molecule has 2 saturated carbocycles. The molecule has 0 N–H and O–H groups in total. The van der Waals surface area contributed by atoms with Gasteiger partial charge >= 0.3 is 0 Å². The van der Waals surface area contributed by atoms with Crippen molar-refractivity contribution in [3.05, 3.63) is 34.6 Å². The van der Waals surface area contributed by atoms with E-state index in [9.17, 15) is 0 Å². The molecule has 0 bridgehead atoms. The molecule has 1 aromatic rings. The van der Waals surface area contributed by atoms with Gasteiger partial charge in [-0.25, -0.2) is 4.39 Å². The first-order chi connectivity index (χ1) is 16.2. The van der Waals surface area contributed by atoms with Crippen LogP contribution >= 0.6 is 0 Å². The number of benzene rings is 1. The summed E-state index contributed by atoms with van der Waals surface area (Å²) < 4.78 is 21.5. The third-order valence-electron chi connectivity index (χ3n) is 9.22. The summed E-state index contributed by atoms with van der Waals surface area (Å²) in [5.41, 5.74) is 3.82. The van der Waals surface area contributed by atoms with Gasteiger partial charge < -0.3 is 4.74 Å². The Hall–Kier alpha value is -0.890. The highest BCUT2D eigenvalue weighted by atomic mass is 19.1. The minimum Gasteiger partial charge on any atom is -0.378 e. The molecule has 0 heterocycles. The zero-order valence-electron chi connectivity index (χ0n) is 21.6. The van der Waals surface area contributed by atoms with Crippen LogP contribution in [-0.2, 0) is 17.6 Å². The van der Waals surface area contributed by atoms with Gasteiger partial charge in [-0.3, -0.25) is 0 Å². The number of hydrogen-bond acceptors (Lipinski definition) is 1. The molecule has 33 heavy (non-hydrogen) atoms. The number of rotatable bonds is 11. The van der Waals surface area contributed by atoms with Crippen LogP contribution in [0, 0.1) is 23.6 Å². The highest BCUT2D eigenvalue weighted by Crippen LogP contribution is 2.47. The third kappa shape index (κ3) is 6.83. The summed E-state index contributed by atoms with van der Waals surface area (Å²) in [4.78, 5) is 0. The van der Waals surface area contributed by atoms with E-state index in [0.717, 1.165) is 42.8 Å². The van der Waals surface area contributed by atoms with E-state index in [4.69, 9.17) is 4.74 Å². The van der Waals surface area contributed by atoms with Gasteiger partial charge in [0.25, 0.3) is 0 Å². The second-order valence-corrected chi connectivity index (χ2v) is 11.6. The van der Waals surface area contributed by atoms with E-state index in [0.29, 0.717) is 12.0 Å². The number of unbranched alkanes of at least 4 members (excludes halogenated alkanes) is 5. The first-order valence-corrected chi connectivity index (χ1v) is 14.6. The van der Waals surface area contributed by atoms with Crippen molar-refractivity contribution in [3.8, 4) is 0 Å². The van der Waals surface area contributed by atoms with E-state index in [1.54, 1.807) is 0 Å². The molecule has 0 aromatic heterocycles. The van der Waals surface area contributed by atoms with Crippen molar-refractivity contribution in [2.75, 3.05) is 6.61 Å². The minimum atomic E-state index is 0.0931. The maximum Gasteiger partial charge on any atom is 0.126 e. The largest absolute Gasteiger partial charge is 0.378 e. The Bertz CT molecular complexity index is 728. The number of hydrogen-bond donors (Lipinski definition) is 0. The van der Waals surface area contributed by atoms with Crippen LogP contribution in [0.2, 0.25) is 0 Å². The molecule has 3 aliphatic carbocycles. The van der Waals surface area contributed by atoms with Crippen LogP contribution in [0.1, 0.15) is 133 Å². The molecule has 5 atom stereocenters. The van der Waals surface area contributed by atoms with Crippen molar-refractivity contribution in [2.45, 2.75) is 135 Å². The molecule has 4 rings (SSSR count). The Kier molecular flexibility index (Phi) is 9.71. The van der Waals surface area contributed by atoms with E-state index in [2.05, 4.69) is 19.9 Å². The van der Waals surface area contributed by atoms with Gasteiger partial charge in [-0.05, 0) is 111 Å². The molecule has 1 nitrogen and oxygen atoms in total. The van der Waals surface area contributed by atoms with Crippen LogP contribution in [0.3, 0.4) is 0 Å². The molecule has 0 aliphatic heterocycles. The maximum absolute atomic E-state index is 15.3. The Balaban J connectivity index is 1.28. The number of ether oxygens (including phenoxy) is 1. The second-order valence-electron chi connectivity index (χ2n) is 11.6. The number of aryl methyl sites for hydroxylation is 1. The lowest BCUT2D eigenvalue weighted by atomic mass is 9.65. The van der Waals surface area contributed by atoms with Crippen molar-refractivity contribution in [2.24, 2.45) is 17.8 Å². The van der Waals surface area contributed by atoms with Gasteiger partial charge in [0.05, 0.1) is 6.10 Å². The van der Waals surface area contributed by atoms with Crippen molar-refractivity contribution < 1.29 is 9.13 Å². The molecule has 0 spiro atoms. The Morgan fingerprint density at radius 2 is 1.61 bits per heavy atom. The smallest absolute Gasteiger partial charge is 0.126 e. The Morgan fingerprint density at radius 1 is 0.818 bits per heavy atom. The van der Waals surface area contributed by atoms with Crippen molar-refractivity contribution in [1.29, 1.82) is 0 Å². The van der Waals surface area contributed by atoms with Gasteiger partial charge in [-0.2, -0.15) is 0 Å². The molecule has 0 radical (unpaired) electrons. The van der Waals surface area contributed by atoms with Crippen LogP contribution in [0.15, 0.2) is 12.1 Å². The van der Waals surface area contributed by atoms with Crippen LogP contribution in [0.25, 0.3) is 0 Å². The standard InChI is InChI=1S/C31H49FO/c1-3-5-7-9-17-33-29-16-15-24-19-27(14-13-25(24)20-29)30-21-26-12-11-23(10-8-6-4-2)18-28(26)22-31(30)32/h21-25,27,29H,3-20H2,1-2H3. The molecular weight excluding hydrogens is 407 g/mol. The van der Waals surface area contributed by atoms with Gasteiger partial charge in [0.15, 0.2) is 0 Å². The average Bonchev–Trinajstić information content (AvgIpc) is 2.83. The first kappa shape index (κ1) is 25.2. The van der Waals surface area contributed by atoms with Crippen LogP contribution in [0.5, 0.6) is 0 Å². The summed E-state index contributed by atoms with van der Waals surface area (Å²) in [6.07, 6.45) is 21.9. The summed E-state index contributed by atoms with van der Waals surface area (Å²) in [5, 5.41) is 0. The maximum atomic E-state index is 15.3. The lowest BCUT2D eigenvalue weighted by molar-refractivity contribution is -0.0164. The van der Waals surface area contributed by atoms with Gasteiger partial charge in [-0.1, -0.05) is 64.9 Å². The summed E-state index contributed by atoms with van der Waals surface area (Å²) in [7, 11) is 0. The van der Waals surface area contributed by atoms with Crippen LogP contribution in [0.4, 0.5) is 4.39 Å². The summed E-state index contributed by atoms with van der Waals surface area (Å²) in [6.45, 7) is 5.49. The highest BCUT2D eigenvalue weighted by Gasteiger charge is 2.37. The Morgan fingerprint density at radius 3 is 2.45 bits per heavy atom. The molecular formula is C31H49FO. The molecule has 3 aliphatic rings. The molecule has 1 aromatic carbocycles. The first-order valence-electron chi connectivity index (χ1n) is 14.6. The lowest BCUT2D eigenvalue weighted by Gasteiger charge is -2.42. The lowest BCUT2D eigenvalue weighted by Crippen LogP contribution is -2.34. The zero-order valence-corrected chi connectivity index (χ0v) is 21.6. The van der Waals surface area contributed by atoms with Crippen molar-refractivity contribution in [1.82, 2.24) is 0 Å². The van der Waals surface area contributed by atoms with Gasteiger partial charge in [0.1, 0.15) is 5.82 Å². The fourth-order valence-electron chi connectivity index (χ4n) is 7.17. The topological polar surface area (TPSA) is 9.23 Å². The van der Waals surface area contributed by atoms with E-state index in [1.165, 1.54) is 107 Å². The van der Waals surface area contributed by atoms with Crippen molar-refractivity contribution >= 4 is 0 Å². The van der Waals surface area contributed by atoms with Gasteiger partial charge in [0.2, 0.25) is 0 Å². The number of fused-ring (bicyclic) bond motifs is 2. The molecule has 2 heteroatoms. The average molecular weight is 457 g/mol. The SMILES string of the molecule is CCCCCCOC1CCC2CC(c3cc4c(cc3F)CC(CCCCC)CC4)CCC2C1. The third-order valence-corrected chi connectivity index (χ3v) is 9.22. The molecule has 0 amide bonds. The zero-order chi connectivity index (χ0) is 23.0. The predicted octanol–water partition coefficient (Wildman–Crippen LogP) is 9.16. The summed E-state index contributed by atoms with van der Waals surface area (Å²) in [5.74, 6) is 2.89. The van der Waals surface area contributed by atoms with Crippen molar-refractivity contribution in [3.63, 3.8) is 0 Å². The quantitative estimate of drug-likeness (QED) is 0.302. The van der Waals surface area contributed by atoms with E-state index < -0.39 is 0 Å². The van der Waals surface area contributed by atoms with Crippen LogP contribution in [-0.4, -0.2) is 12.7 Å². The van der Waals surface area contributed by atoms with Gasteiger partial charge in [0, 0.05) is 6.61 Å². The monoisotopic (exact) mass is 456 g/mol. The summed E-state index contributed by atoms with van der Waals surface area (Å²) in [6, 6.07) is 4.23. The molecule has 2 fully saturated rings. The Labute approximate surface area is 203 Å². The highest BCUT2D eigenvalue weighted by molar-refractivity contribution is 5.37. The molecule has 186 valence electrons. The fourth-order valence-corrected chi connectivity index (χ4v) is 7.17. The van der Waals surface area contributed by atoms with E-state index in [-0.39, 0.29) is 5.82 Å². The van der Waals surface area contributed by atoms with Crippen LogP contribution < -0.4 is 0 Å². The fraction of sp³-hybridized carbons (Fsp3) is 0.806. The van der Waals surface area contributed by atoms with Gasteiger partial charge in [-0.15, -0.1) is 0 Å². The predicted molar refractivity (Wildman–Crippen MR) is 137 cm³/mol. The summed E-state index contributed by atoms with van der Waals surface area (Å²) >= 11 is 0. The molecule has 5 unspecified atom stereocenters. The molecule has 0 saturated heterocycles. The normalized spacial score (nSPS) is 29.5. The minimum absolute atomic E-state index is 0.0931.